The van der Waals surface area contributed by atoms with Crippen LogP contribution < -0.4 is 15.4 Å². The molecule has 0 aliphatic rings. The third kappa shape index (κ3) is 8.86. The molecule has 1 aromatic carbocycles. The van der Waals surface area contributed by atoms with Crippen molar-refractivity contribution < 1.29 is 19.1 Å². The molecule has 0 unspecified atom stereocenters. The van der Waals surface area contributed by atoms with Gasteiger partial charge in [-0.15, -0.1) is 0 Å². The lowest BCUT2D eigenvalue weighted by Gasteiger charge is -2.26. The van der Waals surface area contributed by atoms with E-state index in [-0.39, 0.29) is 43.7 Å². The Labute approximate surface area is 183 Å². The van der Waals surface area contributed by atoms with Gasteiger partial charge < -0.3 is 20.3 Å². The molecule has 2 aromatic rings. The number of benzene rings is 1. The van der Waals surface area contributed by atoms with Crippen molar-refractivity contribution in [3.05, 3.63) is 54.2 Å². The van der Waals surface area contributed by atoms with Crippen molar-refractivity contribution in [2.45, 2.75) is 45.7 Å². The first-order valence-electron chi connectivity index (χ1n) is 10.1. The van der Waals surface area contributed by atoms with Crippen molar-refractivity contribution >= 4 is 23.5 Å². The molecule has 31 heavy (non-hydrogen) atoms. The molecule has 0 aliphatic carbocycles. The lowest BCUT2D eigenvalue weighted by atomic mass is 10.1. The zero-order valence-electron chi connectivity index (χ0n) is 18.5. The number of carbonyl (C=O) groups is 3. The van der Waals surface area contributed by atoms with Crippen molar-refractivity contribution in [3.63, 3.8) is 0 Å². The molecule has 0 atom stereocenters. The van der Waals surface area contributed by atoms with Gasteiger partial charge >= 0.3 is 0 Å². The van der Waals surface area contributed by atoms with Crippen LogP contribution in [0.3, 0.4) is 0 Å². The van der Waals surface area contributed by atoms with E-state index < -0.39 is 5.54 Å². The topological polar surface area (TPSA) is 101 Å². The first-order chi connectivity index (χ1) is 14.7. The lowest BCUT2D eigenvalue weighted by Crippen LogP contribution is -2.47. The fourth-order valence-corrected chi connectivity index (χ4v) is 2.84. The second kappa shape index (κ2) is 11.1. The molecular formula is C23H30N4O4. The van der Waals surface area contributed by atoms with Crippen LogP contribution in [0.15, 0.2) is 48.7 Å². The average molecular weight is 427 g/mol. The highest BCUT2D eigenvalue weighted by Gasteiger charge is 2.21. The molecule has 2 rings (SSSR count). The number of nitrogens with one attached hydrogen (secondary N) is 2. The van der Waals surface area contributed by atoms with E-state index in [4.69, 9.17) is 4.74 Å². The first kappa shape index (κ1) is 23.9. The Bertz CT molecular complexity index is 877. The molecule has 0 aliphatic heterocycles. The smallest absolute Gasteiger partial charge is 0.240 e. The second-order valence-corrected chi connectivity index (χ2v) is 8.16. The van der Waals surface area contributed by atoms with E-state index in [9.17, 15) is 14.4 Å². The molecule has 0 spiro atoms. The van der Waals surface area contributed by atoms with Gasteiger partial charge in [-0.3, -0.25) is 14.4 Å². The number of aromatic nitrogens is 1. The number of hydrogen-bond donors (Lipinski definition) is 2. The van der Waals surface area contributed by atoms with Gasteiger partial charge in [0.15, 0.2) is 0 Å². The summed E-state index contributed by atoms with van der Waals surface area (Å²) >= 11 is 0. The summed E-state index contributed by atoms with van der Waals surface area (Å²) in [6.45, 7) is 5.79. The largest absolute Gasteiger partial charge is 0.497 e. The van der Waals surface area contributed by atoms with Crippen LogP contribution >= 0.6 is 0 Å². The summed E-state index contributed by atoms with van der Waals surface area (Å²) in [6.07, 6.45) is 1.55. The minimum Gasteiger partial charge on any atom is -0.497 e. The molecule has 2 N–H and O–H groups in total. The SMILES string of the molecule is COc1ccc(CN(CC(=O)NC(C)(C)C)C(=O)CCC(=O)Nc2ccccn2)cc1. The highest BCUT2D eigenvalue weighted by Crippen LogP contribution is 2.14. The lowest BCUT2D eigenvalue weighted by molar-refractivity contribution is -0.137. The van der Waals surface area contributed by atoms with Gasteiger partial charge in [-0.2, -0.15) is 0 Å². The van der Waals surface area contributed by atoms with Gasteiger partial charge in [0.2, 0.25) is 17.7 Å². The van der Waals surface area contributed by atoms with Crippen LogP contribution in [0.2, 0.25) is 0 Å². The van der Waals surface area contributed by atoms with Crippen LogP contribution in [0.1, 0.15) is 39.2 Å². The van der Waals surface area contributed by atoms with Crippen LogP contribution in [-0.2, 0) is 20.9 Å². The molecule has 0 bridgehead atoms. The number of anilines is 1. The van der Waals surface area contributed by atoms with Crippen molar-refractivity contribution in [2.24, 2.45) is 0 Å². The minimum atomic E-state index is -0.408. The van der Waals surface area contributed by atoms with Crippen molar-refractivity contribution in [3.8, 4) is 5.75 Å². The molecule has 1 heterocycles. The number of ether oxygens (including phenoxy) is 1. The van der Waals surface area contributed by atoms with E-state index in [1.807, 2.05) is 32.9 Å². The molecule has 166 valence electrons. The molecule has 8 nitrogen and oxygen atoms in total. The molecule has 1 aromatic heterocycles. The zero-order chi connectivity index (χ0) is 22.9. The Morgan fingerprint density at radius 3 is 2.29 bits per heavy atom. The number of carbonyl (C=O) groups excluding carboxylic acids is 3. The average Bonchev–Trinajstić information content (AvgIpc) is 2.71. The Morgan fingerprint density at radius 1 is 1.00 bits per heavy atom. The first-order valence-corrected chi connectivity index (χ1v) is 10.1. The predicted molar refractivity (Wildman–Crippen MR) is 118 cm³/mol. The van der Waals surface area contributed by atoms with Gasteiger partial charge in [0, 0.05) is 31.1 Å². The number of pyridine rings is 1. The monoisotopic (exact) mass is 426 g/mol. The number of nitrogens with zero attached hydrogens (tertiary/aromatic N) is 2. The molecular weight excluding hydrogens is 396 g/mol. The molecule has 0 fully saturated rings. The fraction of sp³-hybridized carbons (Fsp3) is 0.391. The zero-order valence-corrected chi connectivity index (χ0v) is 18.5. The summed E-state index contributed by atoms with van der Waals surface area (Å²) in [5, 5.41) is 5.52. The minimum absolute atomic E-state index is 0.00455. The van der Waals surface area contributed by atoms with Gasteiger partial charge in [-0.25, -0.2) is 4.98 Å². The van der Waals surface area contributed by atoms with Crippen molar-refractivity contribution in [1.82, 2.24) is 15.2 Å². The van der Waals surface area contributed by atoms with Gasteiger partial charge in [-0.1, -0.05) is 18.2 Å². The molecule has 0 radical (unpaired) electrons. The third-order valence-corrected chi connectivity index (χ3v) is 4.23. The maximum atomic E-state index is 12.9. The van der Waals surface area contributed by atoms with Crippen LogP contribution in [0.25, 0.3) is 0 Å². The van der Waals surface area contributed by atoms with Gasteiger partial charge in [0.05, 0.1) is 13.7 Å². The second-order valence-electron chi connectivity index (χ2n) is 8.16. The number of methoxy groups -OCH3 is 1. The van der Waals surface area contributed by atoms with Crippen LogP contribution in [0, 0.1) is 0 Å². The fourth-order valence-electron chi connectivity index (χ4n) is 2.84. The van der Waals surface area contributed by atoms with Crippen LogP contribution in [-0.4, -0.2) is 46.8 Å². The Kier molecular flexibility index (Phi) is 8.54. The summed E-state index contributed by atoms with van der Waals surface area (Å²) in [4.78, 5) is 42.9. The number of amides is 3. The summed E-state index contributed by atoms with van der Waals surface area (Å²) in [7, 11) is 1.58. The number of rotatable bonds is 9. The predicted octanol–water partition coefficient (Wildman–Crippen LogP) is 2.75. The van der Waals surface area contributed by atoms with E-state index in [1.165, 1.54) is 4.90 Å². The van der Waals surface area contributed by atoms with Crippen LogP contribution in [0.4, 0.5) is 5.82 Å². The maximum Gasteiger partial charge on any atom is 0.240 e. The third-order valence-electron chi connectivity index (χ3n) is 4.23. The summed E-state index contributed by atoms with van der Waals surface area (Å²) in [6, 6.07) is 12.5. The van der Waals surface area contributed by atoms with E-state index in [1.54, 1.807) is 43.6 Å². The van der Waals surface area contributed by atoms with Gasteiger partial charge in [0.1, 0.15) is 11.6 Å². The summed E-state index contributed by atoms with van der Waals surface area (Å²) in [5.41, 5.74) is 0.449. The summed E-state index contributed by atoms with van der Waals surface area (Å²) in [5.74, 6) is 0.289. The van der Waals surface area contributed by atoms with Crippen molar-refractivity contribution in [1.29, 1.82) is 0 Å². The summed E-state index contributed by atoms with van der Waals surface area (Å²) < 4.78 is 5.16. The number of hydrogen-bond acceptors (Lipinski definition) is 5. The molecule has 0 saturated heterocycles. The molecule has 0 saturated carbocycles. The Balaban J connectivity index is 2.01. The van der Waals surface area contributed by atoms with E-state index in [2.05, 4.69) is 15.6 Å². The van der Waals surface area contributed by atoms with Gasteiger partial charge in [-0.05, 0) is 50.6 Å². The Morgan fingerprint density at radius 2 is 1.71 bits per heavy atom. The van der Waals surface area contributed by atoms with E-state index in [0.717, 1.165) is 5.56 Å². The molecule has 3 amide bonds. The van der Waals surface area contributed by atoms with E-state index in [0.29, 0.717) is 11.6 Å². The van der Waals surface area contributed by atoms with Crippen LogP contribution in [0.5, 0.6) is 5.75 Å². The maximum absolute atomic E-state index is 12.9. The quantitative estimate of drug-likeness (QED) is 0.642. The Hall–Kier alpha value is -3.42. The van der Waals surface area contributed by atoms with E-state index >= 15 is 0 Å². The van der Waals surface area contributed by atoms with Gasteiger partial charge in [0.25, 0.3) is 0 Å². The normalized spacial score (nSPS) is 10.8. The highest BCUT2D eigenvalue weighted by atomic mass is 16.5. The standard InChI is InChI=1S/C23H30N4O4/c1-23(2,3)26-21(29)16-27(15-17-8-10-18(31-4)11-9-17)22(30)13-12-20(28)25-19-7-5-6-14-24-19/h5-11,14H,12-13,15-16H2,1-4H3,(H,26,29)(H,24,25,28). The highest BCUT2D eigenvalue weighted by molar-refractivity contribution is 5.93. The van der Waals surface area contributed by atoms with Crippen molar-refractivity contribution in [2.75, 3.05) is 19.0 Å². The molecule has 8 heteroatoms.